The molecule has 0 spiro atoms. The van der Waals surface area contributed by atoms with Gasteiger partial charge in [0.15, 0.2) is 0 Å². The van der Waals surface area contributed by atoms with Gasteiger partial charge in [-0.1, -0.05) is 30.3 Å². The molecule has 0 radical (unpaired) electrons. The van der Waals surface area contributed by atoms with E-state index in [1.165, 1.54) is 17.7 Å². The van der Waals surface area contributed by atoms with Gasteiger partial charge < -0.3 is 15.2 Å². The minimum absolute atomic E-state index is 0.179. The average molecular weight is 301 g/mol. The van der Waals surface area contributed by atoms with E-state index in [0.29, 0.717) is 18.7 Å². The van der Waals surface area contributed by atoms with Crippen molar-refractivity contribution in [2.24, 2.45) is 0 Å². The van der Waals surface area contributed by atoms with E-state index >= 15 is 0 Å². The van der Waals surface area contributed by atoms with E-state index in [0.717, 1.165) is 5.75 Å². The zero-order valence-electron chi connectivity index (χ0n) is 12.5. The van der Waals surface area contributed by atoms with Gasteiger partial charge in [0.05, 0.1) is 12.7 Å². The molecule has 0 fully saturated rings. The summed E-state index contributed by atoms with van der Waals surface area (Å²) in [5, 5.41) is 13.5. The molecule has 3 rings (SSSR count). The molecule has 1 heterocycles. The first-order valence-corrected chi connectivity index (χ1v) is 7.54. The number of para-hydroxylation sites is 1. The first kappa shape index (κ1) is 15.0. The van der Waals surface area contributed by atoms with Crippen molar-refractivity contribution in [3.63, 3.8) is 0 Å². The first-order chi connectivity index (χ1) is 10.6. The molecule has 116 valence electrons. The maximum atomic E-state index is 12.9. The van der Waals surface area contributed by atoms with Crippen LogP contribution in [0.2, 0.25) is 0 Å². The lowest BCUT2D eigenvalue weighted by Gasteiger charge is -2.22. The lowest BCUT2D eigenvalue weighted by molar-refractivity contribution is 0.167. The number of fused-ring (bicyclic) bond motifs is 1. The topological polar surface area (TPSA) is 41.5 Å². The van der Waals surface area contributed by atoms with Crippen LogP contribution >= 0.6 is 0 Å². The van der Waals surface area contributed by atoms with Crippen LogP contribution in [0.15, 0.2) is 48.5 Å². The maximum Gasteiger partial charge on any atom is 0.123 e. The van der Waals surface area contributed by atoms with E-state index in [4.69, 9.17) is 4.74 Å². The first-order valence-electron chi connectivity index (χ1n) is 7.54. The minimum atomic E-state index is -0.652. The van der Waals surface area contributed by atoms with Crippen LogP contribution in [0, 0.1) is 5.82 Å². The van der Waals surface area contributed by atoms with Crippen LogP contribution in [0.5, 0.6) is 5.75 Å². The van der Waals surface area contributed by atoms with Crippen LogP contribution in [0.1, 0.15) is 30.1 Å². The molecule has 3 atom stereocenters. The van der Waals surface area contributed by atoms with Gasteiger partial charge in [0, 0.05) is 24.1 Å². The standard InChI is InChI=1S/C18H20FNO2/c1-12(16-11-22-18-5-3-2-4-15(16)18)20-10-17(21)13-6-8-14(19)9-7-13/h2-9,12,16-17,20-21H,10-11H2,1H3/t12-,16-,17-/m0/s1. The summed E-state index contributed by atoms with van der Waals surface area (Å²) < 4.78 is 18.6. The smallest absolute Gasteiger partial charge is 0.123 e. The largest absolute Gasteiger partial charge is 0.493 e. The van der Waals surface area contributed by atoms with Crippen molar-refractivity contribution >= 4 is 0 Å². The summed E-state index contributed by atoms with van der Waals surface area (Å²) in [7, 11) is 0. The molecular weight excluding hydrogens is 281 g/mol. The van der Waals surface area contributed by atoms with E-state index in [2.05, 4.69) is 18.3 Å². The highest BCUT2D eigenvalue weighted by Crippen LogP contribution is 2.35. The second kappa shape index (κ2) is 6.46. The fourth-order valence-electron chi connectivity index (χ4n) is 2.84. The molecule has 2 aromatic carbocycles. The van der Waals surface area contributed by atoms with Crippen molar-refractivity contribution in [1.29, 1.82) is 0 Å². The van der Waals surface area contributed by atoms with E-state index < -0.39 is 6.10 Å². The number of aliphatic hydroxyl groups excluding tert-OH is 1. The molecule has 4 heteroatoms. The Morgan fingerprint density at radius 1 is 1.23 bits per heavy atom. The summed E-state index contributed by atoms with van der Waals surface area (Å²) in [6, 6.07) is 14.2. The number of nitrogens with one attached hydrogen (secondary N) is 1. The number of benzene rings is 2. The van der Waals surface area contributed by atoms with Crippen LogP contribution < -0.4 is 10.1 Å². The van der Waals surface area contributed by atoms with Gasteiger partial charge in [0.1, 0.15) is 11.6 Å². The molecule has 22 heavy (non-hydrogen) atoms. The Bertz CT molecular complexity index is 629. The number of aliphatic hydroxyl groups is 1. The zero-order chi connectivity index (χ0) is 15.5. The summed E-state index contributed by atoms with van der Waals surface area (Å²) in [5.41, 5.74) is 1.92. The molecule has 0 saturated carbocycles. The lowest BCUT2D eigenvalue weighted by Crippen LogP contribution is -2.35. The Morgan fingerprint density at radius 2 is 1.95 bits per heavy atom. The van der Waals surface area contributed by atoms with E-state index in [1.807, 2.05) is 18.2 Å². The number of hydrogen-bond donors (Lipinski definition) is 2. The molecular formula is C18H20FNO2. The number of rotatable bonds is 5. The summed E-state index contributed by atoms with van der Waals surface area (Å²) in [4.78, 5) is 0. The predicted molar refractivity (Wildman–Crippen MR) is 83.5 cm³/mol. The Hall–Kier alpha value is -1.91. The van der Waals surface area contributed by atoms with E-state index in [9.17, 15) is 9.50 Å². The van der Waals surface area contributed by atoms with Crippen LogP contribution in [-0.2, 0) is 0 Å². The molecule has 0 aliphatic carbocycles. The van der Waals surface area contributed by atoms with Gasteiger partial charge in [-0.2, -0.15) is 0 Å². The van der Waals surface area contributed by atoms with Crippen molar-refractivity contribution in [2.75, 3.05) is 13.2 Å². The Balaban J connectivity index is 1.59. The molecule has 0 unspecified atom stereocenters. The zero-order valence-corrected chi connectivity index (χ0v) is 12.5. The minimum Gasteiger partial charge on any atom is -0.493 e. The normalized spacial score (nSPS) is 19.3. The Labute approximate surface area is 129 Å². The van der Waals surface area contributed by atoms with Gasteiger partial charge in [-0.15, -0.1) is 0 Å². The molecule has 0 amide bonds. The molecule has 1 aliphatic rings. The monoisotopic (exact) mass is 301 g/mol. The highest BCUT2D eigenvalue weighted by Gasteiger charge is 2.28. The second-order valence-corrected chi connectivity index (χ2v) is 5.72. The quantitative estimate of drug-likeness (QED) is 0.892. The van der Waals surface area contributed by atoms with Gasteiger partial charge in [0.2, 0.25) is 0 Å². The van der Waals surface area contributed by atoms with Gasteiger partial charge in [-0.25, -0.2) is 4.39 Å². The molecule has 0 aromatic heterocycles. The number of halogens is 1. The van der Waals surface area contributed by atoms with Crippen molar-refractivity contribution in [1.82, 2.24) is 5.32 Å². The van der Waals surface area contributed by atoms with E-state index in [1.54, 1.807) is 12.1 Å². The Morgan fingerprint density at radius 3 is 2.73 bits per heavy atom. The van der Waals surface area contributed by atoms with Crippen LogP contribution in [-0.4, -0.2) is 24.3 Å². The molecule has 1 aliphatic heterocycles. The third kappa shape index (κ3) is 3.13. The predicted octanol–water partition coefficient (Wildman–Crippen LogP) is 3.01. The highest BCUT2D eigenvalue weighted by molar-refractivity contribution is 5.40. The van der Waals surface area contributed by atoms with E-state index in [-0.39, 0.29) is 17.8 Å². The number of hydrogen-bond acceptors (Lipinski definition) is 3. The fraction of sp³-hybridized carbons (Fsp3) is 0.333. The molecule has 2 N–H and O–H groups in total. The van der Waals surface area contributed by atoms with Gasteiger partial charge in [-0.3, -0.25) is 0 Å². The summed E-state index contributed by atoms with van der Waals surface area (Å²) in [6.07, 6.45) is -0.652. The fourth-order valence-corrected chi connectivity index (χ4v) is 2.84. The third-order valence-corrected chi connectivity index (χ3v) is 4.23. The summed E-state index contributed by atoms with van der Waals surface area (Å²) >= 11 is 0. The van der Waals surface area contributed by atoms with Crippen molar-refractivity contribution < 1.29 is 14.2 Å². The summed E-state index contributed by atoms with van der Waals surface area (Å²) in [5.74, 6) is 0.925. The second-order valence-electron chi connectivity index (χ2n) is 5.72. The van der Waals surface area contributed by atoms with Gasteiger partial charge in [0.25, 0.3) is 0 Å². The van der Waals surface area contributed by atoms with Gasteiger partial charge in [-0.05, 0) is 30.7 Å². The molecule has 0 saturated heterocycles. The average Bonchev–Trinajstić information content (AvgIpc) is 2.97. The Kier molecular flexibility index (Phi) is 4.41. The highest BCUT2D eigenvalue weighted by atomic mass is 19.1. The summed E-state index contributed by atoms with van der Waals surface area (Å²) in [6.45, 7) is 3.17. The molecule has 2 aromatic rings. The third-order valence-electron chi connectivity index (χ3n) is 4.23. The maximum absolute atomic E-state index is 12.9. The lowest BCUT2D eigenvalue weighted by atomic mass is 9.94. The van der Waals surface area contributed by atoms with Gasteiger partial charge >= 0.3 is 0 Å². The molecule has 3 nitrogen and oxygen atoms in total. The van der Waals surface area contributed by atoms with Crippen LogP contribution in [0.4, 0.5) is 4.39 Å². The van der Waals surface area contributed by atoms with Crippen molar-refractivity contribution in [2.45, 2.75) is 25.0 Å². The van der Waals surface area contributed by atoms with Crippen molar-refractivity contribution in [3.8, 4) is 5.75 Å². The number of ether oxygens (including phenoxy) is 1. The SMILES string of the molecule is C[C@H](NC[C@H](O)c1ccc(F)cc1)[C@@H]1COc2ccccc21. The van der Waals surface area contributed by atoms with Crippen LogP contribution in [0.25, 0.3) is 0 Å². The van der Waals surface area contributed by atoms with Crippen LogP contribution in [0.3, 0.4) is 0 Å². The molecule has 0 bridgehead atoms. The van der Waals surface area contributed by atoms with Crippen molar-refractivity contribution in [3.05, 3.63) is 65.5 Å².